The Morgan fingerprint density at radius 1 is 1.41 bits per heavy atom. The van der Waals surface area contributed by atoms with Gasteiger partial charge in [-0.3, -0.25) is 4.79 Å². The lowest BCUT2D eigenvalue weighted by molar-refractivity contribution is -0.120. The maximum Gasteiger partial charge on any atom is 0.234 e. The van der Waals surface area contributed by atoms with Gasteiger partial charge in [0.2, 0.25) is 5.91 Å². The number of halogens is 2. The zero-order chi connectivity index (χ0) is 16.3. The number of likely N-dealkylation sites (N-methyl/N-ethyl adjacent to an activating group) is 1. The van der Waals surface area contributed by atoms with E-state index in [0.717, 1.165) is 11.6 Å². The second-order valence-electron chi connectivity index (χ2n) is 5.01. The van der Waals surface area contributed by atoms with Crippen LogP contribution in [0.15, 0.2) is 24.4 Å². The molecule has 0 saturated heterocycles. The van der Waals surface area contributed by atoms with Gasteiger partial charge in [-0.15, -0.1) is 0 Å². The molecule has 0 aliphatic rings. The number of benzene rings is 1. The van der Waals surface area contributed by atoms with Crippen molar-refractivity contribution in [2.75, 3.05) is 13.6 Å². The van der Waals surface area contributed by atoms with Crippen molar-refractivity contribution in [3.05, 3.63) is 47.3 Å². The van der Waals surface area contributed by atoms with Gasteiger partial charge in [0.1, 0.15) is 11.5 Å². The largest absolute Gasteiger partial charge is 0.348 e. The van der Waals surface area contributed by atoms with Crippen molar-refractivity contribution >= 4 is 5.91 Å². The average molecular weight is 308 g/mol. The van der Waals surface area contributed by atoms with Crippen LogP contribution in [0.2, 0.25) is 0 Å². The smallest absolute Gasteiger partial charge is 0.234 e. The van der Waals surface area contributed by atoms with Gasteiger partial charge in [-0.1, -0.05) is 0 Å². The summed E-state index contributed by atoms with van der Waals surface area (Å²) in [5.41, 5.74) is 1.62. The van der Waals surface area contributed by atoms with Gasteiger partial charge in [0.25, 0.3) is 0 Å². The molecule has 2 rings (SSSR count). The van der Waals surface area contributed by atoms with Gasteiger partial charge < -0.3 is 10.6 Å². The van der Waals surface area contributed by atoms with Gasteiger partial charge in [-0.25, -0.2) is 13.5 Å². The summed E-state index contributed by atoms with van der Waals surface area (Å²) in [7, 11) is 1.69. The highest BCUT2D eigenvalue weighted by molar-refractivity contribution is 5.78. The fourth-order valence-corrected chi connectivity index (χ4v) is 2.27. The quantitative estimate of drug-likeness (QED) is 0.886. The Kier molecular flexibility index (Phi) is 4.87. The first kappa shape index (κ1) is 16.1. The van der Waals surface area contributed by atoms with Crippen LogP contribution < -0.4 is 10.6 Å². The molecule has 0 aliphatic carbocycles. The van der Waals surface area contributed by atoms with Crippen LogP contribution in [0.25, 0.3) is 5.69 Å². The molecule has 2 N–H and O–H groups in total. The van der Waals surface area contributed by atoms with E-state index in [9.17, 15) is 13.6 Å². The molecule has 7 heteroatoms. The van der Waals surface area contributed by atoms with Gasteiger partial charge in [-0.05, 0) is 33.0 Å². The van der Waals surface area contributed by atoms with E-state index in [-0.39, 0.29) is 24.2 Å². The number of aromatic nitrogens is 2. The molecular formula is C15H18F2N4O. The molecule has 1 aromatic heterocycles. The summed E-state index contributed by atoms with van der Waals surface area (Å²) in [6, 6.07) is 3.06. The lowest BCUT2D eigenvalue weighted by Gasteiger charge is -2.14. The molecule has 2 aromatic rings. The Morgan fingerprint density at radius 3 is 2.77 bits per heavy atom. The van der Waals surface area contributed by atoms with Crippen molar-refractivity contribution in [2.24, 2.45) is 0 Å². The van der Waals surface area contributed by atoms with Crippen molar-refractivity contribution in [1.29, 1.82) is 0 Å². The molecule has 0 radical (unpaired) electrons. The Hall–Kier alpha value is -2.28. The van der Waals surface area contributed by atoms with Crippen LogP contribution in [0, 0.1) is 18.6 Å². The Morgan fingerprint density at radius 2 is 2.14 bits per heavy atom. The highest BCUT2D eigenvalue weighted by Gasteiger charge is 2.17. The van der Waals surface area contributed by atoms with Gasteiger partial charge >= 0.3 is 0 Å². The summed E-state index contributed by atoms with van der Waals surface area (Å²) in [6.07, 6.45) is 1.57. The van der Waals surface area contributed by atoms with E-state index in [4.69, 9.17) is 0 Å². The molecule has 0 aliphatic heterocycles. The minimum absolute atomic E-state index is 0.143. The summed E-state index contributed by atoms with van der Waals surface area (Å²) >= 11 is 0. The average Bonchev–Trinajstić information content (AvgIpc) is 2.81. The highest BCUT2D eigenvalue weighted by Crippen LogP contribution is 2.22. The number of hydrogen-bond acceptors (Lipinski definition) is 3. The van der Waals surface area contributed by atoms with E-state index >= 15 is 0 Å². The zero-order valence-corrected chi connectivity index (χ0v) is 12.7. The van der Waals surface area contributed by atoms with Crippen LogP contribution >= 0.6 is 0 Å². The lowest BCUT2D eigenvalue weighted by Crippen LogP contribution is -2.34. The third-order valence-corrected chi connectivity index (χ3v) is 3.37. The maximum absolute atomic E-state index is 13.9. The second kappa shape index (κ2) is 6.65. The first-order chi connectivity index (χ1) is 10.4. The van der Waals surface area contributed by atoms with Gasteiger partial charge in [0.15, 0.2) is 5.82 Å². The first-order valence-electron chi connectivity index (χ1n) is 6.88. The van der Waals surface area contributed by atoms with Crippen LogP contribution in [0.1, 0.15) is 24.2 Å². The topological polar surface area (TPSA) is 59.0 Å². The summed E-state index contributed by atoms with van der Waals surface area (Å²) < 4.78 is 28.2. The standard InChI is InChI=1S/C15H18F2N4O/c1-9(20-15(22)8-18-3)12-7-19-21(10(12)2)14-5-4-11(16)6-13(14)17/h4-7,9,18H,8H2,1-3H3,(H,20,22). The predicted octanol–water partition coefficient (Wildman–Crippen LogP) is 1.86. The fraction of sp³-hybridized carbons (Fsp3) is 0.333. The molecule has 0 saturated carbocycles. The van der Waals surface area contributed by atoms with Crippen LogP contribution in [-0.2, 0) is 4.79 Å². The van der Waals surface area contributed by atoms with E-state index in [1.165, 1.54) is 16.8 Å². The SMILES string of the molecule is CNCC(=O)NC(C)c1cnn(-c2ccc(F)cc2F)c1C. The van der Waals surface area contributed by atoms with E-state index in [0.29, 0.717) is 5.69 Å². The van der Waals surface area contributed by atoms with Gasteiger partial charge in [0, 0.05) is 17.3 Å². The number of carbonyl (C=O) groups is 1. The number of nitrogens with zero attached hydrogens (tertiary/aromatic N) is 2. The van der Waals surface area contributed by atoms with Crippen LogP contribution in [0.5, 0.6) is 0 Å². The third kappa shape index (κ3) is 3.30. The number of nitrogens with one attached hydrogen (secondary N) is 2. The van der Waals surface area contributed by atoms with Crippen molar-refractivity contribution < 1.29 is 13.6 Å². The van der Waals surface area contributed by atoms with Gasteiger partial charge in [-0.2, -0.15) is 5.10 Å². The maximum atomic E-state index is 13.9. The molecule has 1 aromatic carbocycles. The fourth-order valence-electron chi connectivity index (χ4n) is 2.27. The minimum Gasteiger partial charge on any atom is -0.348 e. The van der Waals surface area contributed by atoms with E-state index in [1.54, 1.807) is 20.2 Å². The Labute approximate surface area is 127 Å². The van der Waals surface area contributed by atoms with Crippen LogP contribution in [0.3, 0.4) is 0 Å². The summed E-state index contributed by atoms with van der Waals surface area (Å²) in [5, 5.41) is 9.72. The molecule has 0 fully saturated rings. The predicted molar refractivity (Wildman–Crippen MR) is 78.7 cm³/mol. The molecule has 1 amide bonds. The highest BCUT2D eigenvalue weighted by atomic mass is 19.1. The van der Waals surface area contributed by atoms with Crippen molar-refractivity contribution in [1.82, 2.24) is 20.4 Å². The molecule has 1 unspecified atom stereocenters. The first-order valence-corrected chi connectivity index (χ1v) is 6.88. The Balaban J connectivity index is 2.27. The van der Waals surface area contributed by atoms with Crippen molar-refractivity contribution in [2.45, 2.75) is 19.9 Å². The van der Waals surface area contributed by atoms with E-state index in [2.05, 4.69) is 15.7 Å². The molecular weight excluding hydrogens is 290 g/mol. The number of amides is 1. The van der Waals surface area contributed by atoms with Gasteiger partial charge in [0.05, 0.1) is 18.8 Å². The zero-order valence-electron chi connectivity index (χ0n) is 12.7. The lowest BCUT2D eigenvalue weighted by atomic mass is 10.1. The summed E-state index contributed by atoms with van der Waals surface area (Å²) in [5.74, 6) is -1.47. The Bertz CT molecular complexity index is 684. The van der Waals surface area contributed by atoms with Crippen molar-refractivity contribution in [3.63, 3.8) is 0 Å². The minimum atomic E-state index is -0.690. The number of carbonyl (C=O) groups excluding carboxylic acids is 1. The molecule has 1 heterocycles. The monoisotopic (exact) mass is 308 g/mol. The second-order valence-corrected chi connectivity index (χ2v) is 5.01. The van der Waals surface area contributed by atoms with E-state index in [1.807, 2.05) is 6.92 Å². The normalized spacial score (nSPS) is 12.2. The van der Waals surface area contributed by atoms with Crippen LogP contribution in [-0.4, -0.2) is 29.3 Å². The molecule has 22 heavy (non-hydrogen) atoms. The molecule has 0 spiro atoms. The summed E-state index contributed by atoms with van der Waals surface area (Å²) in [6.45, 7) is 3.80. The number of rotatable bonds is 5. The molecule has 5 nitrogen and oxygen atoms in total. The van der Waals surface area contributed by atoms with Crippen LogP contribution in [0.4, 0.5) is 8.78 Å². The molecule has 118 valence electrons. The van der Waals surface area contributed by atoms with E-state index < -0.39 is 11.6 Å². The van der Waals surface area contributed by atoms with Crippen molar-refractivity contribution in [3.8, 4) is 5.69 Å². The third-order valence-electron chi connectivity index (χ3n) is 3.37. The number of hydrogen-bond donors (Lipinski definition) is 2. The summed E-state index contributed by atoms with van der Waals surface area (Å²) in [4.78, 5) is 11.6. The molecule has 1 atom stereocenters. The molecule has 0 bridgehead atoms.